The Morgan fingerprint density at radius 1 is 1.29 bits per heavy atom. The topological polar surface area (TPSA) is 33.1 Å². The van der Waals surface area contributed by atoms with Crippen molar-refractivity contribution in [2.45, 2.75) is 13.8 Å². The van der Waals surface area contributed by atoms with E-state index < -0.39 is 0 Å². The predicted octanol–water partition coefficient (Wildman–Crippen LogP) is 3.21. The average molecular weight is 208 g/mol. The quantitative estimate of drug-likeness (QED) is 0.720. The number of rotatable bonds is 0. The van der Waals surface area contributed by atoms with E-state index in [-0.39, 0.29) is 5.75 Å². The summed E-state index contributed by atoms with van der Waals surface area (Å²) in [5.74, 6) is 0.167. The molecule has 72 valence electrons. The lowest BCUT2D eigenvalue weighted by Crippen LogP contribution is -1.87. The minimum Gasteiger partial charge on any atom is -0.506 e. The zero-order valence-electron chi connectivity index (χ0n) is 8.00. The Morgan fingerprint density at radius 3 is 2.71 bits per heavy atom. The minimum atomic E-state index is 0.167. The predicted molar refractivity (Wildman–Crippen MR) is 57.9 cm³/mol. The molecule has 0 bridgehead atoms. The third kappa shape index (κ3) is 1.32. The summed E-state index contributed by atoms with van der Waals surface area (Å²) < 4.78 is 0. The first-order valence-electron chi connectivity index (χ1n) is 4.34. The van der Waals surface area contributed by atoms with Gasteiger partial charge < -0.3 is 5.11 Å². The summed E-state index contributed by atoms with van der Waals surface area (Å²) in [4.78, 5) is 4.13. The number of aromatic nitrogens is 1. The van der Waals surface area contributed by atoms with Crippen LogP contribution in [0.5, 0.6) is 5.75 Å². The highest BCUT2D eigenvalue weighted by Gasteiger charge is 2.06. The second-order valence-corrected chi connectivity index (χ2v) is 3.77. The SMILES string of the molecule is Cc1cc2ncc(O)cc2c(C)c1Cl. The molecule has 1 heterocycles. The number of fused-ring (bicyclic) bond motifs is 1. The van der Waals surface area contributed by atoms with Crippen LogP contribution in [0.25, 0.3) is 10.9 Å². The fourth-order valence-corrected chi connectivity index (χ4v) is 1.72. The number of aryl methyl sites for hydroxylation is 2. The molecular weight excluding hydrogens is 198 g/mol. The van der Waals surface area contributed by atoms with Crippen molar-refractivity contribution in [1.29, 1.82) is 0 Å². The fourth-order valence-electron chi connectivity index (χ4n) is 1.56. The molecule has 2 aromatic rings. The number of nitrogens with zero attached hydrogens (tertiary/aromatic N) is 1. The van der Waals surface area contributed by atoms with Gasteiger partial charge in [0.1, 0.15) is 5.75 Å². The summed E-state index contributed by atoms with van der Waals surface area (Å²) in [7, 11) is 0. The molecule has 2 nitrogen and oxygen atoms in total. The summed E-state index contributed by atoms with van der Waals surface area (Å²) in [5, 5.41) is 11.0. The maximum atomic E-state index is 9.31. The molecule has 1 aromatic heterocycles. The number of pyridine rings is 1. The van der Waals surface area contributed by atoms with E-state index in [1.165, 1.54) is 6.20 Å². The Bertz CT molecular complexity index is 508. The first-order valence-corrected chi connectivity index (χ1v) is 4.72. The smallest absolute Gasteiger partial charge is 0.134 e. The van der Waals surface area contributed by atoms with Crippen molar-refractivity contribution >= 4 is 22.5 Å². The molecule has 14 heavy (non-hydrogen) atoms. The molecule has 1 N–H and O–H groups in total. The van der Waals surface area contributed by atoms with Crippen LogP contribution in [0, 0.1) is 13.8 Å². The van der Waals surface area contributed by atoms with Crippen LogP contribution in [-0.4, -0.2) is 10.1 Å². The molecule has 3 heteroatoms. The Labute approximate surface area is 87.2 Å². The first-order chi connectivity index (χ1) is 6.59. The molecule has 0 saturated carbocycles. The normalized spacial score (nSPS) is 10.8. The van der Waals surface area contributed by atoms with Crippen LogP contribution in [0.4, 0.5) is 0 Å². The van der Waals surface area contributed by atoms with Crippen molar-refractivity contribution in [1.82, 2.24) is 4.98 Å². The summed E-state index contributed by atoms with van der Waals surface area (Å²) in [5.41, 5.74) is 2.84. The Kier molecular flexibility index (Phi) is 2.08. The number of halogens is 1. The van der Waals surface area contributed by atoms with Crippen molar-refractivity contribution in [3.63, 3.8) is 0 Å². The summed E-state index contributed by atoms with van der Waals surface area (Å²) in [6.07, 6.45) is 1.44. The molecule has 0 aliphatic carbocycles. The van der Waals surface area contributed by atoms with Gasteiger partial charge in [0.25, 0.3) is 0 Å². The molecule has 0 amide bonds. The van der Waals surface area contributed by atoms with Gasteiger partial charge in [-0.2, -0.15) is 0 Å². The lowest BCUT2D eigenvalue weighted by Gasteiger charge is -2.07. The largest absolute Gasteiger partial charge is 0.506 e. The molecule has 0 unspecified atom stereocenters. The molecule has 0 radical (unpaired) electrons. The van der Waals surface area contributed by atoms with Crippen molar-refractivity contribution in [2.24, 2.45) is 0 Å². The van der Waals surface area contributed by atoms with Gasteiger partial charge in [0.05, 0.1) is 11.7 Å². The molecule has 0 spiro atoms. The van der Waals surface area contributed by atoms with Gasteiger partial charge >= 0.3 is 0 Å². The molecule has 0 aliphatic rings. The average Bonchev–Trinajstić information content (AvgIpc) is 2.16. The van der Waals surface area contributed by atoms with E-state index in [4.69, 9.17) is 11.6 Å². The van der Waals surface area contributed by atoms with E-state index in [9.17, 15) is 5.11 Å². The highest BCUT2D eigenvalue weighted by molar-refractivity contribution is 6.33. The molecule has 0 atom stereocenters. The molecule has 0 aliphatic heterocycles. The highest BCUT2D eigenvalue weighted by Crippen LogP contribution is 2.29. The van der Waals surface area contributed by atoms with Gasteiger partial charge in [-0.15, -0.1) is 0 Å². The Morgan fingerprint density at radius 2 is 2.00 bits per heavy atom. The number of hydrogen-bond acceptors (Lipinski definition) is 2. The molecule has 1 aromatic carbocycles. The summed E-state index contributed by atoms with van der Waals surface area (Å²) >= 11 is 6.10. The van der Waals surface area contributed by atoms with E-state index in [2.05, 4.69) is 4.98 Å². The summed E-state index contributed by atoms with van der Waals surface area (Å²) in [6, 6.07) is 3.60. The third-order valence-electron chi connectivity index (χ3n) is 2.34. The molecular formula is C11H10ClNO. The second-order valence-electron chi connectivity index (χ2n) is 3.39. The van der Waals surface area contributed by atoms with Gasteiger partial charge in [-0.1, -0.05) is 11.6 Å². The molecule has 0 saturated heterocycles. The van der Waals surface area contributed by atoms with Crippen LogP contribution in [0.15, 0.2) is 18.3 Å². The number of hydrogen-bond donors (Lipinski definition) is 1. The maximum absolute atomic E-state index is 9.31. The van der Waals surface area contributed by atoms with Crippen molar-refractivity contribution in [3.8, 4) is 5.75 Å². The van der Waals surface area contributed by atoms with E-state index in [0.29, 0.717) is 0 Å². The van der Waals surface area contributed by atoms with Crippen LogP contribution in [0.3, 0.4) is 0 Å². The fraction of sp³-hybridized carbons (Fsp3) is 0.182. The van der Waals surface area contributed by atoms with Gasteiger partial charge in [0.2, 0.25) is 0 Å². The summed E-state index contributed by atoms with van der Waals surface area (Å²) in [6.45, 7) is 3.88. The van der Waals surface area contributed by atoms with E-state index in [0.717, 1.165) is 27.1 Å². The Balaban J connectivity index is 2.92. The zero-order chi connectivity index (χ0) is 10.3. The van der Waals surface area contributed by atoms with Crippen LogP contribution in [0.1, 0.15) is 11.1 Å². The van der Waals surface area contributed by atoms with Crippen molar-refractivity contribution < 1.29 is 5.11 Å². The van der Waals surface area contributed by atoms with Gasteiger partial charge in [-0.25, -0.2) is 0 Å². The van der Waals surface area contributed by atoms with E-state index >= 15 is 0 Å². The molecule has 2 rings (SSSR count). The van der Waals surface area contributed by atoms with Gasteiger partial charge in [0.15, 0.2) is 0 Å². The molecule has 0 fully saturated rings. The van der Waals surface area contributed by atoms with E-state index in [1.807, 2.05) is 19.9 Å². The van der Waals surface area contributed by atoms with Crippen LogP contribution < -0.4 is 0 Å². The number of benzene rings is 1. The lowest BCUT2D eigenvalue weighted by molar-refractivity contribution is 0.474. The Hall–Kier alpha value is -1.28. The number of aromatic hydroxyl groups is 1. The van der Waals surface area contributed by atoms with Crippen LogP contribution in [-0.2, 0) is 0 Å². The highest BCUT2D eigenvalue weighted by atomic mass is 35.5. The van der Waals surface area contributed by atoms with E-state index in [1.54, 1.807) is 6.07 Å². The maximum Gasteiger partial charge on any atom is 0.134 e. The lowest BCUT2D eigenvalue weighted by atomic mass is 10.1. The van der Waals surface area contributed by atoms with Crippen LogP contribution in [0.2, 0.25) is 5.02 Å². The third-order valence-corrected chi connectivity index (χ3v) is 2.92. The van der Waals surface area contributed by atoms with Crippen LogP contribution >= 0.6 is 11.6 Å². The first kappa shape index (κ1) is 9.28. The second kappa shape index (κ2) is 3.14. The standard InChI is InChI=1S/C11H10ClNO/c1-6-3-10-9(7(2)11(6)12)4-8(14)5-13-10/h3-5,14H,1-2H3. The zero-order valence-corrected chi connectivity index (χ0v) is 8.76. The van der Waals surface area contributed by atoms with Crippen molar-refractivity contribution in [2.75, 3.05) is 0 Å². The minimum absolute atomic E-state index is 0.167. The van der Waals surface area contributed by atoms with Gasteiger partial charge in [-0.05, 0) is 37.1 Å². The van der Waals surface area contributed by atoms with Gasteiger partial charge in [-0.3, -0.25) is 4.98 Å². The van der Waals surface area contributed by atoms with Crippen molar-refractivity contribution in [3.05, 3.63) is 34.5 Å². The monoisotopic (exact) mass is 207 g/mol. The van der Waals surface area contributed by atoms with Gasteiger partial charge in [0, 0.05) is 10.4 Å².